The van der Waals surface area contributed by atoms with Crippen molar-refractivity contribution in [3.05, 3.63) is 0 Å². The van der Waals surface area contributed by atoms with Gasteiger partial charge in [-0.3, -0.25) is 0 Å². The van der Waals surface area contributed by atoms with Crippen molar-refractivity contribution < 1.29 is 9.53 Å². The smallest absolute Gasteiger partial charge is 0.407 e. The van der Waals surface area contributed by atoms with Gasteiger partial charge in [0.05, 0.1) is 0 Å². The lowest BCUT2D eigenvalue weighted by molar-refractivity contribution is 0.0524. The summed E-state index contributed by atoms with van der Waals surface area (Å²) in [6.45, 7) is 12.7. The van der Waals surface area contributed by atoms with Crippen LogP contribution in [0.5, 0.6) is 0 Å². The topological polar surface area (TPSA) is 38.3 Å². The molecule has 88 valence electrons. The number of ether oxygens (including phenoxy) is 1. The summed E-state index contributed by atoms with van der Waals surface area (Å²) in [7, 11) is -1.08. The molecule has 1 amide bonds. The Labute approximate surface area is 93.6 Å². The van der Waals surface area contributed by atoms with Gasteiger partial charge in [-0.05, 0) is 32.7 Å². The molecule has 0 aliphatic heterocycles. The molecule has 0 heterocycles. The maximum absolute atomic E-state index is 11.5. The highest BCUT2D eigenvalue weighted by atomic mass is 28.3. The highest BCUT2D eigenvalue weighted by molar-refractivity contribution is 6.78. The third-order valence-electron chi connectivity index (χ3n) is 2.60. The van der Waals surface area contributed by atoms with E-state index in [2.05, 4.69) is 25.0 Å². The van der Waals surface area contributed by atoms with Crippen LogP contribution >= 0.6 is 0 Å². The van der Waals surface area contributed by atoms with Gasteiger partial charge in [-0.25, -0.2) is 4.79 Å². The Morgan fingerprint density at radius 1 is 1.33 bits per heavy atom. The molecule has 1 aliphatic rings. The molecule has 1 fully saturated rings. The van der Waals surface area contributed by atoms with Crippen LogP contribution < -0.4 is 5.32 Å². The lowest BCUT2D eigenvalue weighted by Gasteiger charge is -2.20. The van der Waals surface area contributed by atoms with Gasteiger partial charge in [-0.15, -0.1) is 0 Å². The first kappa shape index (κ1) is 12.6. The van der Waals surface area contributed by atoms with Crippen molar-refractivity contribution in [1.82, 2.24) is 5.32 Å². The summed E-state index contributed by atoms with van der Waals surface area (Å²) in [6.07, 6.45) is 0.864. The summed E-state index contributed by atoms with van der Waals surface area (Å²) < 4.78 is 5.21. The van der Waals surface area contributed by atoms with Crippen LogP contribution in [0.1, 0.15) is 27.2 Å². The number of carbonyl (C=O) groups excluding carboxylic acids is 1. The van der Waals surface area contributed by atoms with E-state index in [9.17, 15) is 4.79 Å². The van der Waals surface area contributed by atoms with Gasteiger partial charge in [0.2, 0.25) is 0 Å². The predicted octanol–water partition coefficient (Wildman–Crippen LogP) is 2.99. The van der Waals surface area contributed by atoms with E-state index < -0.39 is 13.7 Å². The quantitative estimate of drug-likeness (QED) is 0.739. The molecule has 1 saturated carbocycles. The van der Waals surface area contributed by atoms with E-state index in [-0.39, 0.29) is 6.09 Å². The van der Waals surface area contributed by atoms with E-state index in [1.54, 1.807) is 0 Å². The summed E-state index contributed by atoms with van der Waals surface area (Å²) in [5, 5.41) is 2.94. The Morgan fingerprint density at radius 3 is 2.20 bits per heavy atom. The molecule has 0 radical (unpaired) electrons. The van der Waals surface area contributed by atoms with Gasteiger partial charge in [0.25, 0.3) is 0 Å². The molecule has 1 rings (SSSR count). The van der Waals surface area contributed by atoms with Crippen LogP contribution in [0.25, 0.3) is 0 Å². The number of carbonyl (C=O) groups is 1. The molecule has 2 atom stereocenters. The molecule has 0 bridgehead atoms. The van der Waals surface area contributed by atoms with Crippen LogP contribution in [0.3, 0.4) is 0 Å². The first-order valence-corrected chi connectivity index (χ1v) is 9.17. The molecule has 15 heavy (non-hydrogen) atoms. The van der Waals surface area contributed by atoms with E-state index in [0.717, 1.165) is 12.0 Å². The van der Waals surface area contributed by atoms with Crippen LogP contribution in [0.15, 0.2) is 0 Å². The number of alkyl carbamates (subject to hydrolysis) is 1. The Kier molecular flexibility index (Phi) is 3.19. The van der Waals surface area contributed by atoms with Crippen LogP contribution in [-0.2, 0) is 4.74 Å². The van der Waals surface area contributed by atoms with E-state index in [4.69, 9.17) is 4.74 Å². The zero-order valence-electron chi connectivity index (χ0n) is 10.7. The number of hydrogen-bond acceptors (Lipinski definition) is 2. The summed E-state index contributed by atoms with van der Waals surface area (Å²) >= 11 is 0. The Balaban J connectivity index is 2.31. The third-order valence-corrected chi connectivity index (χ3v) is 5.47. The van der Waals surface area contributed by atoms with Crippen molar-refractivity contribution in [2.75, 3.05) is 0 Å². The van der Waals surface area contributed by atoms with Gasteiger partial charge in [0.15, 0.2) is 0 Å². The van der Waals surface area contributed by atoms with Gasteiger partial charge >= 0.3 is 6.09 Å². The average molecular weight is 229 g/mol. The second-order valence-corrected chi connectivity index (χ2v) is 11.9. The maximum atomic E-state index is 11.5. The summed E-state index contributed by atoms with van der Waals surface area (Å²) in [5.41, 5.74) is 0.332. The van der Waals surface area contributed by atoms with Crippen LogP contribution in [-0.4, -0.2) is 25.8 Å². The van der Waals surface area contributed by atoms with Gasteiger partial charge < -0.3 is 10.1 Å². The zero-order chi connectivity index (χ0) is 11.9. The summed E-state index contributed by atoms with van der Waals surface area (Å²) in [6, 6.07) is 0.367. The first-order chi connectivity index (χ1) is 6.59. The molecule has 1 aliphatic carbocycles. The Hall–Kier alpha value is -0.513. The molecule has 0 saturated heterocycles. The molecular formula is C11H23NO2Si. The van der Waals surface area contributed by atoms with E-state index >= 15 is 0 Å². The number of amides is 1. The van der Waals surface area contributed by atoms with Crippen molar-refractivity contribution in [2.24, 2.45) is 0 Å². The fourth-order valence-electron chi connectivity index (χ4n) is 1.77. The number of hydrogen-bond donors (Lipinski definition) is 1. The number of rotatable bonds is 2. The molecule has 0 unspecified atom stereocenters. The van der Waals surface area contributed by atoms with Crippen molar-refractivity contribution in [3.63, 3.8) is 0 Å². The Morgan fingerprint density at radius 2 is 1.87 bits per heavy atom. The second kappa shape index (κ2) is 3.81. The molecule has 0 aromatic carbocycles. The molecule has 0 spiro atoms. The fourth-order valence-corrected chi connectivity index (χ4v) is 4.02. The first-order valence-electron chi connectivity index (χ1n) is 5.59. The van der Waals surface area contributed by atoms with Crippen molar-refractivity contribution >= 4 is 14.2 Å². The minimum atomic E-state index is -1.08. The molecule has 4 heteroatoms. The third kappa shape index (κ3) is 4.24. The highest BCUT2D eigenvalue weighted by Gasteiger charge is 2.47. The summed E-state index contributed by atoms with van der Waals surface area (Å²) in [5.74, 6) is 0. The predicted molar refractivity (Wildman–Crippen MR) is 64.9 cm³/mol. The molecule has 3 nitrogen and oxygen atoms in total. The van der Waals surface area contributed by atoms with Crippen molar-refractivity contribution in [3.8, 4) is 0 Å². The van der Waals surface area contributed by atoms with Gasteiger partial charge in [0, 0.05) is 14.1 Å². The molecule has 0 aromatic heterocycles. The minimum Gasteiger partial charge on any atom is -0.444 e. The zero-order valence-corrected chi connectivity index (χ0v) is 11.7. The largest absolute Gasteiger partial charge is 0.444 e. The van der Waals surface area contributed by atoms with Crippen LogP contribution in [0.2, 0.25) is 25.2 Å². The van der Waals surface area contributed by atoms with Crippen LogP contribution in [0.4, 0.5) is 4.79 Å². The van der Waals surface area contributed by atoms with Gasteiger partial charge in [-0.1, -0.05) is 19.6 Å². The van der Waals surface area contributed by atoms with E-state index in [1.165, 1.54) is 0 Å². The molecule has 1 N–H and O–H groups in total. The van der Waals surface area contributed by atoms with Gasteiger partial charge in [0.1, 0.15) is 5.60 Å². The lowest BCUT2D eigenvalue weighted by atomic mass is 10.2. The fraction of sp³-hybridized carbons (Fsp3) is 0.909. The maximum Gasteiger partial charge on any atom is 0.407 e. The lowest BCUT2D eigenvalue weighted by Crippen LogP contribution is -2.35. The molecule has 0 aromatic rings. The van der Waals surface area contributed by atoms with Crippen molar-refractivity contribution in [1.29, 1.82) is 0 Å². The summed E-state index contributed by atoms with van der Waals surface area (Å²) in [4.78, 5) is 11.5. The van der Waals surface area contributed by atoms with Gasteiger partial charge in [-0.2, -0.15) is 0 Å². The van der Waals surface area contributed by atoms with E-state index in [1.807, 2.05) is 20.8 Å². The highest BCUT2D eigenvalue weighted by Crippen LogP contribution is 2.45. The monoisotopic (exact) mass is 229 g/mol. The Bertz CT molecular complexity index is 252. The van der Waals surface area contributed by atoms with E-state index in [0.29, 0.717) is 6.04 Å². The molecular weight excluding hydrogens is 206 g/mol. The average Bonchev–Trinajstić information content (AvgIpc) is 2.59. The SMILES string of the molecule is CC(C)(C)OC(=O)N[C@H]1C[C@@H]1[Si](C)(C)C. The minimum absolute atomic E-state index is 0.270. The van der Waals surface area contributed by atoms with Crippen LogP contribution in [0, 0.1) is 0 Å². The standard InChI is InChI=1S/C11H23NO2Si/c1-11(2,3)14-10(13)12-8-7-9(8)15(4,5)6/h8-9H,7H2,1-6H3,(H,12,13)/t8-,9-/m0/s1. The second-order valence-electron chi connectivity index (χ2n) is 6.46. The van der Waals surface area contributed by atoms with Crippen molar-refractivity contribution in [2.45, 2.75) is 64.0 Å². The normalized spacial score (nSPS) is 26.0. The number of nitrogens with one attached hydrogen (secondary N) is 1.